The molecule has 0 bridgehead atoms. The first-order valence-corrected chi connectivity index (χ1v) is 22.6. The van der Waals surface area contributed by atoms with Gasteiger partial charge in [0.2, 0.25) is 5.69 Å². The molecule has 360 valence electrons. The first-order valence-electron chi connectivity index (χ1n) is 22.6. The van der Waals surface area contributed by atoms with Crippen LogP contribution in [0.4, 0.5) is 5.69 Å². The van der Waals surface area contributed by atoms with Crippen LogP contribution in [0.5, 0.6) is 23.0 Å². The first kappa shape index (κ1) is 49.2. The second kappa shape index (κ2) is 21.5. The summed E-state index contributed by atoms with van der Waals surface area (Å²) < 4.78 is 23.2. The third kappa shape index (κ3) is 9.97. The number of oxime groups is 1. The smallest absolute Gasteiger partial charge is 0.252 e. The van der Waals surface area contributed by atoms with Crippen molar-refractivity contribution in [3.05, 3.63) is 124 Å². The number of carbonyl (C=O) groups excluding carboxylic acids is 2. The van der Waals surface area contributed by atoms with Gasteiger partial charge in [0.15, 0.2) is 6.29 Å². The molecular weight excluding hydrogens is 877 g/mol. The normalized spacial score (nSPS) is 18.3. The summed E-state index contributed by atoms with van der Waals surface area (Å²) in [5, 5.41) is 22.6. The van der Waals surface area contributed by atoms with Crippen molar-refractivity contribution in [3.8, 4) is 23.0 Å². The topological polar surface area (TPSA) is 243 Å². The molecule has 0 saturated heterocycles. The highest BCUT2D eigenvalue weighted by molar-refractivity contribution is 6.04. The molecule has 0 radical (unpaired) electrons. The Kier molecular flexibility index (Phi) is 15.3. The van der Waals surface area contributed by atoms with Crippen molar-refractivity contribution in [1.82, 2.24) is 19.9 Å². The fourth-order valence-corrected chi connectivity index (χ4v) is 9.49. The van der Waals surface area contributed by atoms with Gasteiger partial charge in [-0.2, -0.15) is 0 Å². The van der Waals surface area contributed by atoms with Crippen LogP contribution < -0.4 is 30.6 Å². The average Bonchev–Trinajstić information content (AvgIpc) is 4.06. The maximum atomic E-state index is 11.4. The molecule has 12 rings (SSSR count). The molecule has 4 aliphatic rings. The molecule has 4 aromatic carbocycles. The van der Waals surface area contributed by atoms with E-state index in [1.165, 1.54) is 28.5 Å². The minimum atomic E-state index is -0.441. The Hall–Kier alpha value is -7.74. The summed E-state index contributed by atoms with van der Waals surface area (Å²) in [4.78, 5) is 38.8. The molecule has 16 nitrogen and oxygen atoms in total. The van der Waals surface area contributed by atoms with Gasteiger partial charge in [0, 0.05) is 74.0 Å². The third-order valence-corrected chi connectivity index (χ3v) is 12.6. The molecule has 4 aliphatic heterocycles. The molecule has 10 N–H and O–H groups in total. The van der Waals surface area contributed by atoms with E-state index in [1.54, 1.807) is 12.1 Å². The minimum Gasteiger partial charge on any atom is -0.504 e. The summed E-state index contributed by atoms with van der Waals surface area (Å²) >= 11 is 0. The van der Waals surface area contributed by atoms with Gasteiger partial charge in [-0.15, -0.1) is 0 Å². The van der Waals surface area contributed by atoms with Crippen molar-refractivity contribution < 1.29 is 39.0 Å². The zero-order valence-corrected chi connectivity index (χ0v) is 38.4. The second-order valence-corrected chi connectivity index (χ2v) is 18.1. The van der Waals surface area contributed by atoms with Crippen LogP contribution in [0.3, 0.4) is 0 Å². The zero-order chi connectivity index (χ0) is 48.1. The number of aromatic amines is 4. The summed E-state index contributed by atoms with van der Waals surface area (Å²) in [6.45, 7) is 18.5. The van der Waals surface area contributed by atoms with Gasteiger partial charge in [0.25, 0.3) is 5.91 Å². The highest BCUT2D eigenvalue weighted by atomic mass is 16.5. The Bertz CT molecular complexity index is 3190. The van der Waals surface area contributed by atoms with Gasteiger partial charge in [-0.05, 0) is 114 Å². The van der Waals surface area contributed by atoms with Crippen LogP contribution in [0.1, 0.15) is 83.7 Å². The van der Waals surface area contributed by atoms with Crippen molar-refractivity contribution in [3.63, 3.8) is 0 Å². The van der Waals surface area contributed by atoms with Crippen molar-refractivity contribution in [2.45, 2.75) is 60.8 Å². The number of aromatic nitrogens is 4. The maximum Gasteiger partial charge on any atom is 0.252 e. The third-order valence-electron chi connectivity index (χ3n) is 12.6. The fraction of sp³-hybridized carbons (Fsp3) is 0.321. The van der Waals surface area contributed by atoms with E-state index >= 15 is 0 Å². The van der Waals surface area contributed by atoms with Gasteiger partial charge in [0.05, 0.1) is 50.3 Å². The van der Waals surface area contributed by atoms with Gasteiger partial charge < -0.3 is 55.0 Å². The van der Waals surface area contributed by atoms with Gasteiger partial charge in [-0.25, -0.2) is 10.7 Å². The lowest BCUT2D eigenvalue weighted by Gasteiger charge is -2.10. The van der Waals surface area contributed by atoms with Crippen molar-refractivity contribution in [2.24, 2.45) is 40.5 Å². The average molecular weight is 937 g/mol. The van der Waals surface area contributed by atoms with Gasteiger partial charge in [-0.1, -0.05) is 46.3 Å². The number of nitrogens with zero attached hydrogens (tertiary/aromatic N) is 2. The second-order valence-electron chi connectivity index (χ2n) is 18.1. The van der Waals surface area contributed by atoms with Gasteiger partial charge in [0.1, 0.15) is 23.0 Å². The number of nitrogens with one attached hydrogen (secondary N) is 4. The van der Waals surface area contributed by atoms with E-state index in [-0.39, 0.29) is 7.43 Å². The molecule has 16 heteroatoms. The van der Waals surface area contributed by atoms with E-state index in [0.29, 0.717) is 72.7 Å². The van der Waals surface area contributed by atoms with Gasteiger partial charge in [-0.3, -0.25) is 9.59 Å². The first-order chi connectivity index (χ1) is 33.0. The quantitative estimate of drug-likeness (QED) is 0.0276. The Balaban J connectivity index is 0.000000134. The molecule has 0 aliphatic carbocycles. The summed E-state index contributed by atoms with van der Waals surface area (Å²) in [6, 6.07) is 15.0. The summed E-state index contributed by atoms with van der Waals surface area (Å²) in [6.07, 6.45) is 14.3. The van der Waals surface area contributed by atoms with E-state index in [9.17, 15) is 9.59 Å². The maximum absolute atomic E-state index is 11.4. The lowest BCUT2D eigenvalue weighted by molar-refractivity contribution is 0.0995. The number of H-pyrrole nitrogens is 4. The minimum absolute atomic E-state index is 0. The summed E-state index contributed by atoms with van der Waals surface area (Å²) in [5.41, 5.74) is 17.1. The highest BCUT2D eigenvalue weighted by Gasteiger charge is 2.25. The Morgan fingerprint density at radius 3 is 1.39 bits per heavy atom. The predicted octanol–water partition coefficient (Wildman–Crippen LogP) is 10.2. The monoisotopic (exact) mass is 936 g/mol. The summed E-state index contributed by atoms with van der Waals surface area (Å²) in [7, 11) is 0. The highest BCUT2D eigenvalue weighted by Crippen LogP contribution is 2.41. The van der Waals surface area contributed by atoms with Crippen molar-refractivity contribution in [2.75, 3.05) is 26.4 Å². The zero-order valence-electron chi connectivity index (χ0n) is 38.4. The Morgan fingerprint density at radius 1 is 0.609 bits per heavy atom. The predicted molar refractivity (Wildman–Crippen MR) is 269 cm³/mol. The number of hydrogen-bond donors (Lipinski definition) is 8. The van der Waals surface area contributed by atoms with Crippen molar-refractivity contribution in [1.29, 1.82) is 0 Å². The van der Waals surface area contributed by atoms with Crippen LogP contribution >= 0.6 is 0 Å². The fourth-order valence-electron chi connectivity index (χ4n) is 9.49. The Morgan fingerprint density at radius 2 is 0.971 bits per heavy atom. The van der Waals surface area contributed by atoms with Crippen LogP contribution in [0.15, 0.2) is 78.5 Å². The molecule has 4 unspecified atom stereocenters. The van der Waals surface area contributed by atoms with E-state index in [1.807, 2.05) is 61.2 Å². The standard InChI is InChI=1S/2C13H14N2O2.C13H12N2O.C13H13NO2.CH4.H3NO/c1-8-4-10-5-14-11-3-2-9(6-15-16)13(12(10)11)17-7-8;1-7-4-8-5-15-10-3-2-9(13(14)16)12(11(8)10)17-6-7;1-8-5-9-6-15-10-3-4-11(14-2)13(12(9)10)16-7-8;1-8-4-10-5-14-11-3-2-9(6-15)13(12(10)11)16-7-8;;1-2/h2-3,5-6,8,14,16H,4,7H2,1H3;2-3,5,7,15H,4,6H2,1H3,(H2,14,16);3-4,6,8,15H,5,7H2,1H3;2-3,5-6,8,14H,4,7H2,1H3;1H4;2H,1H2/b15-6+;;;;;. The van der Waals surface area contributed by atoms with Crippen LogP contribution in [-0.4, -0.2) is 75.2 Å². The van der Waals surface area contributed by atoms with Crippen LogP contribution in [-0.2, 0) is 25.7 Å². The number of carbonyl (C=O) groups is 2. The van der Waals surface area contributed by atoms with E-state index in [0.717, 1.165) is 98.4 Å². The molecule has 1 amide bonds. The number of nitrogens with two attached hydrogens (primary N) is 2. The van der Waals surface area contributed by atoms with Crippen LogP contribution in [0.2, 0.25) is 0 Å². The molecule has 0 fully saturated rings. The molecule has 8 aromatic rings. The molecule has 4 aromatic heterocycles. The lowest BCUT2D eigenvalue weighted by Crippen LogP contribution is -2.14. The number of benzene rings is 4. The number of amides is 1. The molecule has 69 heavy (non-hydrogen) atoms. The number of rotatable bonds is 3. The molecule has 4 atom stereocenters. The molecule has 8 heterocycles. The molecule has 0 saturated carbocycles. The van der Waals surface area contributed by atoms with E-state index in [2.05, 4.69) is 63.5 Å². The van der Waals surface area contributed by atoms with Gasteiger partial charge >= 0.3 is 0 Å². The van der Waals surface area contributed by atoms with Crippen LogP contribution in [0, 0.1) is 30.2 Å². The number of primary amides is 1. The SMILES string of the molecule is C.CC1COc2c(/C=N/O)ccc3[nH]cc(c23)C1.CC1COc2c(C(N)=O)ccc3[nH]cc(c23)C1.CC1COc2c(C=O)ccc3[nH]cc(c23)C1.NO.[C-]#[N+]c1ccc2[nH]cc3c2c1OCC(C)C3. The Labute approximate surface area is 399 Å². The number of aldehydes is 1. The largest absolute Gasteiger partial charge is 0.504 e. The summed E-state index contributed by atoms with van der Waals surface area (Å²) in [5.74, 6) is 7.90. The van der Waals surface area contributed by atoms with E-state index < -0.39 is 5.91 Å². The van der Waals surface area contributed by atoms with E-state index in [4.69, 9.17) is 41.7 Å². The molecule has 0 spiro atoms. The van der Waals surface area contributed by atoms with Crippen LogP contribution in [0.25, 0.3) is 48.5 Å². The van der Waals surface area contributed by atoms with Crippen molar-refractivity contribution >= 4 is 67.7 Å². The number of ether oxygens (including phenoxy) is 4. The number of hydrogen-bond acceptors (Lipinski definition) is 10. The lowest BCUT2D eigenvalue weighted by atomic mass is 10.0. The molecular formula is C53H60N8O8.